The van der Waals surface area contributed by atoms with Crippen LogP contribution in [0.3, 0.4) is 0 Å². The maximum Gasteiger partial charge on any atom is 0.371 e. The van der Waals surface area contributed by atoms with E-state index in [1.807, 2.05) is 0 Å². The summed E-state index contributed by atoms with van der Waals surface area (Å²) in [5.74, 6) is -1.17. The summed E-state index contributed by atoms with van der Waals surface area (Å²) >= 11 is 0. The minimum Gasteiger partial charge on any atom is -0.475 e. The highest BCUT2D eigenvalue weighted by molar-refractivity contribution is 5.84. The molecule has 0 aliphatic rings. The lowest BCUT2D eigenvalue weighted by atomic mass is 10.4. The number of carboxylic acid groups (broad SMARTS) is 1. The zero-order chi connectivity index (χ0) is 12.7. The Bertz CT molecular complexity index is 388. The van der Waals surface area contributed by atoms with Crippen molar-refractivity contribution in [2.24, 2.45) is 5.73 Å². The van der Waals surface area contributed by atoms with Gasteiger partial charge in [0.2, 0.25) is 11.7 Å². The SMILES string of the molecule is NC(=O)COCCNCc1ccc(C(=O)O)o1. The van der Waals surface area contributed by atoms with Crippen molar-refractivity contribution >= 4 is 11.9 Å². The number of amides is 1. The molecule has 7 heteroatoms. The summed E-state index contributed by atoms with van der Waals surface area (Å²) < 4.78 is 9.93. The summed E-state index contributed by atoms with van der Waals surface area (Å²) in [7, 11) is 0. The average Bonchev–Trinajstić information content (AvgIpc) is 2.71. The zero-order valence-corrected chi connectivity index (χ0v) is 9.14. The molecule has 94 valence electrons. The normalized spacial score (nSPS) is 10.4. The summed E-state index contributed by atoms with van der Waals surface area (Å²) in [4.78, 5) is 20.8. The summed E-state index contributed by atoms with van der Waals surface area (Å²) in [6, 6.07) is 2.98. The third kappa shape index (κ3) is 5.14. The van der Waals surface area contributed by atoms with Crippen LogP contribution in [0.15, 0.2) is 16.5 Å². The van der Waals surface area contributed by atoms with Crippen molar-refractivity contribution < 1.29 is 23.8 Å². The number of nitrogens with two attached hydrogens (primary N) is 1. The topological polar surface area (TPSA) is 115 Å². The molecule has 17 heavy (non-hydrogen) atoms. The van der Waals surface area contributed by atoms with Crippen LogP contribution in [0, 0.1) is 0 Å². The molecule has 1 aromatic rings. The van der Waals surface area contributed by atoms with Crippen molar-refractivity contribution in [2.45, 2.75) is 6.54 Å². The van der Waals surface area contributed by atoms with Crippen LogP contribution in [0.2, 0.25) is 0 Å². The monoisotopic (exact) mass is 242 g/mol. The van der Waals surface area contributed by atoms with E-state index in [0.717, 1.165) is 0 Å². The van der Waals surface area contributed by atoms with Crippen LogP contribution in [0.5, 0.6) is 0 Å². The Morgan fingerprint density at radius 1 is 1.47 bits per heavy atom. The molecular weight excluding hydrogens is 228 g/mol. The van der Waals surface area contributed by atoms with Gasteiger partial charge in [-0.2, -0.15) is 0 Å². The molecule has 1 rings (SSSR count). The highest BCUT2D eigenvalue weighted by atomic mass is 16.5. The molecule has 0 radical (unpaired) electrons. The molecular formula is C10H14N2O5. The Balaban J connectivity index is 2.13. The molecule has 0 unspecified atom stereocenters. The molecule has 0 saturated heterocycles. The van der Waals surface area contributed by atoms with Crippen molar-refractivity contribution in [1.29, 1.82) is 0 Å². The standard InChI is InChI=1S/C10H14N2O5/c11-9(13)6-16-4-3-12-5-7-1-2-8(17-7)10(14)15/h1-2,12H,3-6H2,(H2,11,13)(H,14,15). The first kappa shape index (κ1) is 13.2. The number of carboxylic acids is 1. The Labute approximate surface area is 97.5 Å². The molecule has 0 saturated carbocycles. The Kier molecular flexibility index (Phi) is 5.18. The number of nitrogens with one attached hydrogen (secondary N) is 1. The van der Waals surface area contributed by atoms with Gasteiger partial charge in [0.1, 0.15) is 12.4 Å². The van der Waals surface area contributed by atoms with Crippen molar-refractivity contribution in [2.75, 3.05) is 19.8 Å². The van der Waals surface area contributed by atoms with Gasteiger partial charge in [0.15, 0.2) is 0 Å². The molecule has 0 bridgehead atoms. The average molecular weight is 242 g/mol. The third-order valence-corrected chi connectivity index (χ3v) is 1.84. The first-order valence-electron chi connectivity index (χ1n) is 4.98. The molecule has 0 aliphatic heterocycles. The van der Waals surface area contributed by atoms with Crippen LogP contribution in [-0.2, 0) is 16.1 Å². The maximum atomic E-state index is 10.5. The second-order valence-electron chi connectivity index (χ2n) is 3.27. The molecule has 1 heterocycles. The number of ether oxygens (including phenoxy) is 1. The van der Waals surface area contributed by atoms with Gasteiger partial charge >= 0.3 is 5.97 Å². The molecule has 0 fully saturated rings. The molecule has 1 aromatic heterocycles. The van der Waals surface area contributed by atoms with E-state index in [0.29, 0.717) is 25.5 Å². The molecule has 1 amide bonds. The van der Waals surface area contributed by atoms with Gasteiger partial charge in [-0.15, -0.1) is 0 Å². The molecule has 0 aliphatic carbocycles. The maximum absolute atomic E-state index is 10.5. The minimum absolute atomic E-state index is 0.0909. The van der Waals surface area contributed by atoms with Crippen LogP contribution in [0.4, 0.5) is 0 Å². The fourth-order valence-electron chi connectivity index (χ4n) is 1.12. The van der Waals surface area contributed by atoms with Gasteiger partial charge < -0.3 is 25.3 Å². The number of carbonyl (C=O) groups excluding carboxylic acids is 1. The lowest BCUT2D eigenvalue weighted by Gasteiger charge is -2.02. The van der Waals surface area contributed by atoms with E-state index in [9.17, 15) is 9.59 Å². The quantitative estimate of drug-likeness (QED) is 0.533. The van der Waals surface area contributed by atoms with Crippen molar-refractivity contribution in [1.82, 2.24) is 5.32 Å². The number of carbonyl (C=O) groups is 2. The Morgan fingerprint density at radius 3 is 2.82 bits per heavy atom. The largest absolute Gasteiger partial charge is 0.475 e. The fraction of sp³-hybridized carbons (Fsp3) is 0.400. The predicted molar refractivity (Wildman–Crippen MR) is 57.4 cm³/mol. The van der Waals surface area contributed by atoms with Crippen LogP contribution in [-0.4, -0.2) is 36.7 Å². The Hall–Kier alpha value is -1.86. The van der Waals surface area contributed by atoms with Crippen LogP contribution in [0.25, 0.3) is 0 Å². The first-order valence-corrected chi connectivity index (χ1v) is 4.98. The number of primary amides is 1. The number of hydrogen-bond acceptors (Lipinski definition) is 5. The van der Waals surface area contributed by atoms with Crippen LogP contribution >= 0.6 is 0 Å². The number of aromatic carboxylic acids is 1. The first-order chi connectivity index (χ1) is 8.09. The highest BCUT2D eigenvalue weighted by Crippen LogP contribution is 2.06. The lowest BCUT2D eigenvalue weighted by molar-refractivity contribution is -0.122. The molecule has 7 nitrogen and oxygen atoms in total. The molecule has 0 aromatic carbocycles. The van der Waals surface area contributed by atoms with E-state index in [2.05, 4.69) is 5.32 Å². The van der Waals surface area contributed by atoms with Gasteiger partial charge in [0, 0.05) is 6.54 Å². The van der Waals surface area contributed by atoms with E-state index in [-0.39, 0.29) is 12.4 Å². The number of furan rings is 1. The van der Waals surface area contributed by atoms with Crippen molar-refractivity contribution in [3.05, 3.63) is 23.7 Å². The zero-order valence-electron chi connectivity index (χ0n) is 9.14. The van der Waals surface area contributed by atoms with Gasteiger partial charge in [-0.05, 0) is 12.1 Å². The number of hydrogen-bond donors (Lipinski definition) is 3. The van der Waals surface area contributed by atoms with E-state index < -0.39 is 11.9 Å². The van der Waals surface area contributed by atoms with Gasteiger partial charge in [-0.25, -0.2) is 4.79 Å². The second kappa shape index (κ2) is 6.66. The summed E-state index contributed by atoms with van der Waals surface area (Å²) in [5.41, 5.74) is 4.87. The van der Waals surface area contributed by atoms with Crippen LogP contribution < -0.4 is 11.1 Å². The predicted octanol–water partition coefficient (Wildman–Crippen LogP) is -0.431. The fourth-order valence-corrected chi connectivity index (χ4v) is 1.12. The van der Waals surface area contributed by atoms with Crippen molar-refractivity contribution in [3.63, 3.8) is 0 Å². The molecule has 4 N–H and O–H groups in total. The summed E-state index contributed by atoms with van der Waals surface area (Å²) in [6.07, 6.45) is 0. The van der Waals surface area contributed by atoms with E-state index in [1.165, 1.54) is 6.07 Å². The van der Waals surface area contributed by atoms with Crippen molar-refractivity contribution in [3.8, 4) is 0 Å². The summed E-state index contributed by atoms with van der Waals surface area (Å²) in [5, 5.41) is 11.6. The molecule has 0 spiro atoms. The van der Waals surface area contributed by atoms with E-state index in [1.54, 1.807) is 6.07 Å². The van der Waals surface area contributed by atoms with Crippen LogP contribution in [0.1, 0.15) is 16.3 Å². The van der Waals surface area contributed by atoms with E-state index >= 15 is 0 Å². The van der Waals surface area contributed by atoms with Gasteiger partial charge in [-0.1, -0.05) is 0 Å². The van der Waals surface area contributed by atoms with Gasteiger partial charge in [0.25, 0.3) is 0 Å². The number of rotatable bonds is 8. The van der Waals surface area contributed by atoms with Gasteiger partial charge in [0.05, 0.1) is 13.2 Å². The Morgan fingerprint density at radius 2 is 2.24 bits per heavy atom. The summed E-state index contributed by atoms with van der Waals surface area (Å²) in [6.45, 7) is 1.14. The third-order valence-electron chi connectivity index (χ3n) is 1.84. The second-order valence-corrected chi connectivity index (χ2v) is 3.27. The van der Waals surface area contributed by atoms with Gasteiger partial charge in [-0.3, -0.25) is 4.79 Å². The lowest BCUT2D eigenvalue weighted by Crippen LogP contribution is -2.23. The highest BCUT2D eigenvalue weighted by Gasteiger charge is 2.07. The smallest absolute Gasteiger partial charge is 0.371 e. The minimum atomic E-state index is -1.10. The molecule has 0 atom stereocenters. The van der Waals surface area contributed by atoms with E-state index in [4.69, 9.17) is 20.0 Å².